The highest BCUT2D eigenvalue weighted by atomic mass is 19.1. The van der Waals surface area contributed by atoms with Crippen molar-refractivity contribution in [3.63, 3.8) is 0 Å². The normalized spacial score (nSPS) is 10.4. The van der Waals surface area contributed by atoms with Crippen LogP contribution in [0.5, 0.6) is 5.75 Å². The first-order valence-corrected chi connectivity index (χ1v) is 6.68. The fourth-order valence-corrected chi connectivity index (χ4v) is 1.89. The molecule has 0 spiro atoms. The van der Waals surface area contributed by atoms with Crippen molar-refractivity contribution in [2.45, 2.75) is 26.4 Å². The molecule has 112 valence electrons. The predicted octanol–water partition coefficient (Wildman–Crippen LogP) is 2.87. The number of carbonyl (C=O) groups is 1. The van der Waals surface area contributed by atoms with Crippen molar-refractivity contribution in [3.05, 3.63) is 47.0 Å². The van der Waals surface area contributed by atoms with Crippen LogP contribution in [-0.2, 0) is 17.8 Å². The number of aryl methyl sites for hydroxylation is 1. The van der Waals surface area contributed by atoms with E-state index in [1.165, 1.54) is 19.2 Å². The molecule has 5 nitrogen and oxygen atoms in total. The zero-order valence-corrected chi connectivity index (χ0v) is 12.0. The third-order valence-corrected chi connectivity index (χ3v) is 2.95. The van der Waals surface area contributed by atoms with Crippen LogP contribution in [0.15, 0.2) is 24.3 Å². The SMILES string of the molecule is CCCc1cc(C(=O)OCc2ccc(OC)c(F)c2)n[nH]1. The van der Waals surface area contributed by atoms with E-state index in [1.54, 1.807) is 12.1 Å². The quantitative estimate of drug-likeness (QED) is 0.831. The summed E-state index contributed by atoms with van der Waals surface area (Å²) in [7, 11) is 1.39. The van der Waals surface area contributed by atoms with Gasteiger partial charge in [0.05, 0.1) is 7.11 Å². The Hall–Kier alpha value is -2.37. The third-order valence-electron chi connectivity index (χ3n) is 2.95. The lowest BCUT2D eigenvalue weighted by Crippen LogP contribution is -2.06. The molecule has 0 aliphatic heterocycles. The minimum atomic E-state index is -0.537. The van der Waals surface area contributed by atoms with Crippen molar-refractivity contribution in [1.29, 1.82) is 0 Å². The van der Waals surface area contributed by atoms with Crippen LogP contribution in [-0.4, -0.2) is 23.3 Å². The Morgan fingerprint density at radius 3 is 2.86 bits per heavy atom. The maximum Gasteiger partial charge on any atom is 0.359 e. The van der Waals surface area contributed by atoms with Gasteiger partial charge in [0.2, 0.25) is 0 Å². The topological polar surface area (TPSA) is 64.2 Å². The van der Waals surface area contributed by atoms with E-state index in [0.29, 0.717) is 5.56 Å². The molecule has 2 rings (SSSR count). The standard InChI is InChI=1S/C15H17FN2O3/c1-3-4-11-8-13(18-17-11)15(19)21-9-10-5-6-14(20-2)12(16)7-10/h5-8H,3-4,9H2,1-2H3,(H,17,18). The number of nitrogens with one attached hydrogen (secondary N) is 1. The molecule has 0 fully saturated rings. The first kappa shape index (κ1) is 15.0. The Bertz CT molecular complexity index is 625. The number of hydrogen-bond acceptors (Lipinski definition) is 4. The van der Waals surface area contributed by atoms with Crippen molar-refractivity contribution in [2.24, 2.45) is 0 Å². The molecule has 0 amide bonds. The zero-order valence-electron chi connectivity index (χ0n) is 12.0. The summed E-state index contributed by atoms with van der Waals surface area (Å²) in [6.45, 7) is 2.02. The second-order valence-electron chi connectivity index (χ2n) is 4.57. The highest BCUT2D eigenvalue weighted by Gasteiger charge is 2.12. The second-order valence-corrected chi connectivity index (χ2v) is 4.57. The monoisotopic (exact) mass is 292 g/mol. The molecule has 0 saturated heterocycles. The summed E-state index contributed by atoms with van der Waals surface area (Å²) >= 11 is 0. The molecule has 6 heteroatoms. The molecule has 0 atom stereocenters. The molecule has 1 N–H and O–H groups in total. The third kappa shape index (κ3) is 3.81. The van der Waals surface area contributed by atoms with Crippen molar-refractivity contribution >= 4 is 5.97 Å². The number of aromatic amines is 1. The van der Waals surface area contributed by atoms with Crippen molar-refractivity contribution in [2.75, 3.05) is 7.11 Å². The molecule has 1 heterocycles. The summed E-state index contributed by atoms with van der Waals surface area (Å²) in [5.41, 5.74) is 1.67. The van der Waals surface area contributed by atoms with E-state index in [4.69, 9.17) is 9.47 Å². The van der Waals surface area contributed by atoms with Crippen LogP contribution in [0.3, 0.4) is 0 Å². The van der Waals surface area contributed by atoms with Gasteiger partial charge in [-0.25, -0.2) is 9.18 Å². The predicted molar refractivity (Wildman–Crippen MR) is 74.7 cm³/mol. The fraction of sp³-hybridized carbons (Fsp3) is 0.333. The molecule has 0 aliphatic rings. The molecule has 0 radical (unpaired) electrons. The minimum absolute atomic E-state index is 0.0181. The van der Waals surface area contributed by atoms with Crippen molar-refractivity contribution in [3.8, 4) is 5.75 Å². The van der Waals surface area contributed by atoms with E-state index < -0.39 is 11.8 Å². The Balaban J connectivity index is 1.95. The highest BCUT2D eigenvalue weighted by Crippen LogP contribution is 2.18. The number of aromatic nitrogens is 2. The Labute approximate surface area is 122 Å². The molecule has 0 aliphatic carbocycles. The van der Waals surface area contributed by atoms with Gasteiger partial charge in [0.25, 0.3) is 0 Å². The number of rotatable bonds is 6. The molecule has 0 unspecified atom stereocenters. The molecule has 0 saturated carbocycles. The Morgan fingerprint density at radius 2 is 2.19 bits per heavy atom. The number of esters is 1. The van der Waals surface area contributed by atoms with E-state index in [2.05, 4.69) is 10.2 Å². The average Bonchev–Trinajstić information content (AvgIpc) is 2.94. The number of ether oxygens (including phenoxy) is 2. The molecule has 21 heavy (non-hydrogen) atoms. The summed E-state index contributed by atoms with van der Waals surface area (Å²) in [6, 6.07) is 6.08. The molecule has 2 aromatic rings. The summed E-state index contributed by atoms with van der Waals surface area (Å²) in [6.07, 6.45) is 1.78. The molecule has 1 aromatic heterocycles. The van der Waals surface area contributed by atoms with Gasteiger partial charge in [0.15, 0.2) is 17.3 Å². The molecular weight excluding hydrogens is 275 g/mol. The van der Waals surface area contributed by atoms with E-state index >= 15 is 0 Å². The second kappa shape index (κ2) is 6.88. The Morgan fingerprint density at radius 1 is 1.38 bits per heavy atom. The largest absolute Gasteiger partial charge is 0.494 e. The van der Waals surface area contributed by atoms with Crippen LogP contribution in [0.4, 0.5) is 4.39 Å². The number of carbonyl (C=O) groups excluding carboxylic acids is 1. The maximum atomic E-state index is 13.5. The van der Waals surface area contributed by atoms with Crippen LogP contribution < -0.4 is 4.74 Å². The molecule has 1 aromatic carbocycles. The van der Waals surface area contributed by atoms with Crippen LogP contribution in [0.1, 0.15) is 35.1 Å². The van der Waals surface area contributed by atoms with E-state index in [-0.39, 0.29) is 18.1 Å². The zero-order chi connectivity index (χ0) is 15.2. The Kier molecular flexibility index (Phi) is 4.92. The molecular formula is C15H17FN2O3. The van der Waals surface area contributed by atoms with Crippen molar-refractivity contribution in [1.82, 2.24) is 10.2 Å². The summed E-state index contributed by atoms with van der Waals surface area (Å²) < 4.78 is 23.4. The minimum Gasteiger partial charge on any atom is -0.494 e. The van der Waals surface area contributed by atoms with Gasteiger partial charge in [-0.3, -0.25) is 5.10 Å². The van der Waals surface area contributed by atoms with Crippen LogP contribution in [0.25, 0.3) is 0 Å². The number of hydrogen-bond donors (Lipinski definition) is 1. The van der Waals surface area contributed by atoms with E-state index in [1.807, 2.05) is 6.92 Å². The lowest BCUT2D eigenvalue weighted by Gasteiger charge is -2.05. The fourth-order valence-electron chi connectivity index (χ4n) is 1.89. The first-order chi connectivity index (χ1) is 10.1. The van der Waals surface area contributed by atoms with Gasteiger partial charge in [-0.1, -0.05) is 19.4 Å². The van der Waals surface area contributed by atoms with Gasteiger partial charge in [-0.05, 0) is 30.2 Å². The number of benzene rings is 1. The van der Waals surface area contributed by atoms with Gasteiger partial charge in [0, 0.05) is 5.69 Å². The highest BCUT2D eigenvalue weighted by molar-refractivity contribution is 5.87. The van der Waals surface area contributed by atoms with Crippen LogP contribution >= 0.6 is 0 Å². The van der Waals surface area contributed by atoms with Crippen LogP contribution in [0.2, 0.25) is 0 Å². The summed E-state index contributed by atoms with van der Waals surface area (Å²) in [4.78, 5) is 11.8. The van der Waals surface area contributed by atoms with E-state index in [9.17, 15) is 9.18 Å². The lowest BCUT2D eigenvalue weighted by molar-refractivity contribution is 0.0465. The van der Waals surface area contributed by atoms with E-state index in [0.717, 1.165) is 18.5 Å². The summed E-state index contributed by atoms with van der Waals surface area (Å²) in [5, 5.41) is 6.68. The van der Waals surface area contributed by atoms with Gasteiger partial charge in [-0.15, -0.1) is 0 Å². The molecule has 0 bridgehead atoms. The smallest absolute Gasteiger partial charge is 0.359 e. The number of halogens is 1. The maximum absolute atomic E-state index is 13.5. The first-order valence-electron chi connectivity index (χ1n) is 6.68. The average molecular weight is 292 g/mol. The van der Waals surface area contributed by atoms with Crippen molar-refractivity contribution < 1.29 is 18.7 Å². The number of nitrogens with zero attached hydrogens (tertiary/aromatic N) is 1. The number of H-pyrrole nitrogens is 1. The van der Waals surface area contributed by atoms with Gasteiger partial charge in [-0.2, -0.15) is 5.10 Å². The van der Waals surface area contributed by atoms with Gasteiger partial charge < -0.3 is 9.47 Å². The van der Waals surface area contributed by atoms with Crippen LogP contribution in [0, 0.1) is 5.82 Å². The van der Waals surface area contributed by atoms with Gasteiger partial charge in [0.1, 0.15) is 6.61 Å². The van der Waals surface area contributed by atoms with Gasteiger partial charge >= 0.3 is 5.97 Å². The number of methoxy groups -OCH3 is 1. The lowest BCUT2D eigenvalue weighted by atomic mass is 10.2. The summed E-state index contributed by atoms with van der Waals surface area (Å²) in [5.74, 6) is -0.873.